The van der Waals surface area contributed by atoms with Gasteiger partial charge in [0, 0.05) is 12.5 Å². The number of nitrogens with two attached hydrogens (primary N) is 1. The Balaban J connectivity index is 2.08. The van der Waals surface area contributed by atoms with E-state index in [9.17, 15) is 0 Å². The van der Waals surface area contributed by atoms with Crippen LogP contribution in [0.25, 0.3) is 0 Å². The zero-order valence-corrected chi connectivity index (χ0v) is 9.89. The zero-order chi connectivity index (χ0) is 10.7. The van der Waals surface area contributed by atoms with Crippen LogP contribution in [0.3, 0.4) is 0 Å². The monoisotopic (exact) mass is 205 g/mol. The van der Waals surface area contributed by atoms with Crippen LogP contribution < -0.4 is 5.73 Å². The molecule has 1 heteroatoms. The normalized spacial score (nSPS) is 33.7. The van der Waals surface area contributed by atoms with Gasteiger partial charge in [-0.15, -0.1) is 11.8 Å². The summed E-state index contributed by atoms with van der Waals surface area (Å²) in [4.78, 5) is 0. The van der Waals surface area contributed by atoms with Crippen molar-refractivity contribution in [3.8, 4) is 11.8 Å². The molecule has 2 N–H and O–H groups in total. The third-order valence-corrected chi connectivity index (χ3v) is 4.59. The van der Waals surface area contributed by atoms with Crippen LogP contribution in [0.2, 0.25) is 0 Å². The van der Waals surface area contributed by atoms with Gasteiger partial charge in [-0.2, -0.15) is 0 Å². The number of hydrogen-bond acceptors (Lipinski definition) is 1. The average molecular weight is 205 g/mol. The first-order valence-corrected chi connectivity index (χ1v) is 6.42. The molecule has 2 saturated carbocycles. The van der Waals surface area contributed by atoms with Gasteiger partial charge in [0.25, 0.3) is 0 Å². The largest absolute Gasteiger partial charge is 0.328 e. The van der Waals surface area contributed by atoms with Crippen molar-refractivity contribution in [3.63, 3.8) is 0 Å². The molecule has 2 aliphatic carbocycles. The van der Waals surface area contributed by atoms with Crippen molar-refractivity contribution in [2.75, 3.05) is 0 Å². The fourth-order valence-electron chi connectivity index (χ4n) is 3.67. The van der Waals surface area contributed by atoms with Gasteiger partial charge in [0.2, 0.25) is 0 Å². The van der Waals surface area contributed by atoms with Crippen molar-refractivity contribution in [2.45, 2.75) is 64.3 Å². The van der Waals surface area contributed by atoms with Crippen LogP contribution in [-0.4, -0.2) is 6.04 Å². The fraction of sp³-hybridized carbons (Fsp3) is 0.857. The van der Waals surface area contributed by atoms with E-state index >= 15 is 0 Å². The highest BCUT2D eigenvalue weighted by molar-refractivity contribution is 5.04. The Morgan fingerprint density at radius 2 is 2.00 bits per heavy atom. The molecule has 0 aromatic carbocycles. The lowest BCUT2D eigenvalue weighted by Gasteiger charge is -2.43. The first-order chi connectivity index (χ1) is 7.27. The minimum atomic E-state index is 0.444. The standard InChI is InChI=1S/C14H23N/c1-2-3-6-12-11-13(15)7-10-14(12)8-4-5-9-14/h12-13H,4-11,15H2,1H3. The van der Waals surface area contributed by atoms with E-state index in [0.717, 1.165) is 12.3 Å². The molecule has 1 spiro atoms. The molecular formula is C14H23N. The van der Waals surface area contributed by atoms with Crippen molar-refractivity contribution in [1.82, 2.24) is 0 Å². The summed E-state index contributed by atoms with van der Waals surface area (Å²) in [6.45, 7) is 1.95. The van der Waals surface area contributed by atoms with Crippen molar-refractivity contribution in [1.29, 1.82) is 0 Å². The molecule has 2 aliphatic rings. The molecule has 0 amide bonds. The Bertz CT molecular complexity index is 265. The minimum absolute atomic E-state index is 0.444. The lowest BCUT2D eigenvalue weighted by molar-refractivity contribution is 0.0930. The Kier molecular flexibility index (Phi) is 3.36. The summed E-state index contributed by atoms with van der Waals surface area (Å²) >= 11 is 0. The third kappa shape index (κ3) is 2.21. The molecule has 0 heterocycles. The maximum absolute atomic E-state index is 6.10. The van der Waals surface area contributed by atoms with Gasteiger partial charge in [0.05, 0.1) is 0 Å². The lowest BCUT2D eigenvalue weighted by atomic mass is 9.63. The smallest absolute Gasteiger partial charge is 0.0123 e. The molecule has 2 rings (SSSR count). The highest BCUT2D eigenvalue weighted by Gasteiger charge is 2.43. The highest BCUT2D eigenvalue weighted by atomic mass is 14.7. The molecule has 15 heavy (non-hydrogen) atoms. The predicted octanol–water partition coefficient (Wildman–Crippen LogP) is 3.09. The number of hydrogen-bond donors (Lipinski definition) is 1. The summed E-state index contributed by atoms with van der Waals surface area (Å²) in [5.41, 5.74) is 6.74. The minimum Gasteiger partial charge on any atom is -0.328 e. The quantitative estimate of drug-likeness (QED) is 0.654. The molecule has 0 aliphatic heterocycles. The summed E-state index contributed by atoms with van der Waals surface area (Å²) in [6.07, 6.45) is 10.7. The van der Waals surface area contributed by atoms with Gasteiger partial charge in [-0.1, -0.05) is 12.8 Å². The second-order valence-corrected chi connectivity index (χ2v) is 5.43. The Morgan fingerprint density at radius 3 is 2.67 bits per heavy atom. The molecular weight excluding hydrogens is 182 g/mol. The molecule has 0 bridgehead atoms. The van der Waals surface area contributed by atoms with Crippen molar-refractivity contribution >= 4 is 0 Å². The third-order valence-electron chi connectivity index (χ3n) is 4.59. The maximum atomic E-state index is 6.10. The summed E-state index contributed by atoms with van der Waals surface area (Å²) in [6, 6.07) is 0.444. The summed E-state index contributed by atoms with van der Waals surface area (Å²) in [5, 5.41) is 0. The van der Waals surface area contributed by atoms with Crippen LogP contribution in [0.4, 0.5) is 0 Å². The topological polar surface area (TPSA) is 26.0 Å². The zero-order valence-electron chi connectivity index (χ0n) is 9.89. The Hall–Kier alpha value is -0.480. The van der Waals surface area contributed by atoms with E-state index < -0.39 is 0 Å². The van der Waals surface area contributed by atoms with E-state index in [2.05, 4.69) is 11.8 Å². The van der Waals surface area contributed by atoms with Crippen molar-refractivity contribution < 1.29 is 0 Å². The van der Waals surface area contributed by atoms with Crippen LogP contribution in [0, 0.1) is 23.2 Å². The van der Waals surface area contributed by atoms with Gasteiger partial charge in [0.15, 0.2) is 0 Å². The van der Waals surface area contributed by atoms with Crippen LogP contribution in [0.5, 0.6) is 0 Å². The Labute approximate surface area is 93.8 Å². The van der Waals surface area contributed by atoms with Crippen LogP contribution >= 0.6 is 0 Å². The predicted molar refractivity (Wildman–Crippen MR) is 64.3 cm³/mol. The van der Waals surface area contributed by atoms with E-state index in [0.29, 0.717) is 11.5 Å². The SMILES string of the molecule is CC#CCC1CC(N)CCC12CCCC2. The van der Waals surface area contributed by atoms with E-state index in [4.69, 9.17) is 5.73 Å². The van der Waals surface area contributed by atoms with Gasteiger partial charge < -0.3 is 5.73 Å². The molecule has 0 radical (unpaired) electrons. The Morgan fingerprint density at radius 1 is 1.27 bits per heavy atom. The maximum Gasteiger partial charge on any atom is 0.0123 e. The second-order valence-electron chi connectivity index (χ2n) is 5.43. The van der Waals surface area contributed by atoms with Gasteiger partial charge in [0.1, 0.15) is 0 Å². The summed E-state index contributed by atoms with van der Waals surface area (Å²) in [5.74, 6) is 7.12. The molecule has 0 aromatic heterocycles. The first-order valence-electron chi connectivity index (χ1n) is 6.42. The summed E-state index contributed by atoms with van der Waals surface area (Å²) in [7, 11) is 0. The lowest BCUT2D eigenvalue weighted by Crippen LogP contribution is -2.39. The highest BCUT2D eigenvalue weighted by Crippen LogP contribution is 2.53. The van der Waals surface area contributed by atoms with Crippen molar-refractivity contribution in [2.24, 2.45) is 17.1 Å². The van der Waals surface area contributed by atoms with Gasteiger partial charge in [-0.05, 0) is 50.4 Å². The molecule has 2 atom stereocenters. The average Bonchev–Trinajstić information content (AvgIpc) is 2.70. The second kappa shape index (κ2) is 4.58. The fourth-order valence-corrected chi connectivity index (χ4v) is 3.67. The molecule has 0 aromatic rings. The molecule has 2 unspecified atom stereocenters. The van der Waals surface area contributed by atoms with Gasteiger partial charge in [-0.3, -0.25) is 0 Å². The van der Waals surface area contributed by atoms with Gasteiger partial charge >= 0.3 is 0 Å². The number of rotatable bonds is 1. The molecule has 1 nitrogen and oxygen atoms in total. The first kappa shape index (κ1) is 11.0. The summed E-state index contributed by atoms with van der Waals surface area (Å²) < 4.78 is 0. The molecule has 0 saturated heterocycles. The van der Waals surface area contributed by atoms with Crippen LogP contribution in [0.15, 0.2) is 0 Å². The molecule has 2 fully saturated rings. The van der Waals surface area contributed by atoms with E-state index in [1.54, 1.807) is 0 Å². The van der Waals surface area contributed by atoms with E-state index in [1.165, 1.54) is 44.9 Å². The van der Waals surface area contributed by atoms with E-state index in [1.807, 2.05) is 6.92 Å². The van der Waals surface area contributed by atoms with E-state index in [-0.39, 0.29) is 0 Å². The van der Waals surface area contributed by atoms with Crippen molar-refractivity contribution in [3.05, 3.63) is 0 Å². The van der Waals surface area contributed by atoms with Crippen LogP contribution in [0.1, 0.15) is 58.3 Å². The molecule has 84 valence electrons. The van der Waals surface area contributed by atoms with Gasteiger partial charge in [-0.25, -0.2) is 0 Å². The van der Waals surface area contributed by atoms with Crippen LogP contribution in [-0.2, 0) is 0 Å².